The van der Waals surface area contributed by atoms with E-state index in [9.17, 15) is 4.79 Å². The Balaban J connectivity index is 1.32. The van der Waals surface area contributed by atoms with Crippen molar-refractivity contribution in [2.24, 2.45) is 0 Å². The third kappa shape index (κ3) is 5.00. The highest BCUT2D eigenvalue weighted by atomic mass is 35.5. The smallest absolute Gasteiger partial charge is 0.318 e. The second kappa shape index (κ2) is 9.16. The molecule has 2 amide bonds. The number of halogens is 2. The molecule has 2 aromatic carbocycles. The van der Waals surface area contributed by atoms with Gasteiger partial charge in [-0.1, -0.05) is 29.3 Å². The Hall–Kier alpha value is -2.42. The van der Waals surface area contributed by atoms with Crippen molar-refractivity contribution < 1.29 is 4.79 Å². The molecule has 30 heavy (non-hydrogen) atoms. The number of carbonyl (C=O) groups is 1. The summed E-state index contributed by atoms with van der Waals surface area (Å²) in [4.78, 5) is 17.2. The first-order valence-corrected chi connectivity index (χ1v) is 11.1. The minimum Gasteiger partial charge on any atom is -0.371 e. The fourth-order valence-electron chi connectivity index (χ4n) is 3.87. The molecule has 1 aliphatic heterocycles. The van der Waals surface area contributed by atoms with E-state index in [0.29, 0.717) is 28.2 Å². The van der Waals surface area contributed by atoms with Crippen LogP contribution in [0.1, 0.15) is 36.8 Å². The summed E-state index contributed by atoms with van der Waals surface area (Å²) in [5.41, 5.74) is 2.78. The molecule has 2 aliphatic rings. The van der Waals surface area contributed by atoms with Crippen molar-refractivity contribution >= 4 is 34.9 Å². The van der Waals surface area contributed by atoms with Crippen molar-refractivity contribution in [2.45, 2.75) is 44.3 Å². The molecule has 7 heteroatoms. The number of anilines is 1. The molecule has 0 aromatic heterocycles. The van der Waals surface area contributed by atoms with Crippen molar-refractivity contribution in [3.8, 4) is 6.07 Å². The van der Waals surface area contributed by atoms with Gasteiger partial charge in [0.05, 0.1) is 21.7 Å². The maximum atomic E-state index is 13.0. The predicted molar refractivity (Wildman–Crippen MR) is 120 cm³/mol. The van der Waals surface area contributed by atoms with E-state index in [1.54, 1.807) is 6.07 Å². The van der Waals surface area contributed by atoms with Crippen LogP contribution in [0.15, 0.2) is 42.5 Å². The van der Waals surface area contributed by atoms with Gasteiger partial charge in [0.1, 0.15) is 0 Å². The van der Waals surface area contributed by atoms with Gasteiger partial charge in [0.2, 0.25) is 0 Å². The van der Waals surface area contributed by atoms with E-state index >= 15 is 0 Å². The number of rotatable bonds is 5. The van der Waals surface area contributed by atoms with Gasteiger partial charge < -0.3 is 15.1 Å². The Morgan fingerprint density at radius 1 is 1.07 bits per heavy atom. The zero-order valence-corrected chi connectivity index (χ0v) is 18.2. The van der Waals surface area contributed by atoms with Crippen molar-refractivity contribution in [1.82, 2.24) is 10.2 Å². The first-order chi connectivity index (χ1) is 14.5. The van der Waals surface area contributed by atoms with Crippen LogP contribution in [0, 0.1) is 11.3 Å². The molecule has 2 aromatic rings. The molecule has 156 valence electrons. The van der Waals surface area contributed by atoms with Gasteiger partial charge in [-0.3, -0.25) is 0 Å². The normalized spacial score (nSPS) is 16.8. The van der Waals surface area contributed by atoms with Gasteiger partial charge in [0.25, 0.3) is 0 Å². The monoisotopic (exact) mass is 442 g/mol. The number of urea groups is 1. The van der Waals surface area contributed by atoms with E-state index in [1.807, 2.05) is 41.3 Å². The fourth-order valence-corrected chi connectivity index (χ4v) is 4.19. The van der Waals surface area contributed by atoms with Crippen molar-refractivity contribution in [1.29, 1.82) is 5.26 Å². The molecule has 0 atom stereocenters. The topological polar surface area (TPSA) is 59.4 Å². The Labute approximate surface area is 187 Å². The van der Waals surface area contributed by atoms with E-state index in [4.69, 9.17) is 28.5 Å². The lowest BCUT2D eigenvalue weighted by atomic mass is 10.0. The number of nitriles is 1. The lowest BCUT2D eigenvalue weighted by molar-refractivity contribution is 0.185. The highest BCUT2D eigenvalue weighted by Crippen LogP contribution is 2.30. The van der Waals surface area contributed by atoms with Gasteiger partial charge in [-0.25, -0.2) is 4.79 Å². The SMILES string of the molecule is N#Cc1ccc(N2CCC(NC(=O)N(Cc3ccc(Cl)c(Cl)c3)C3CC3)CC2)cc1. The number of piperidine rings is 1. The van der Waals surface area contributed by atoms with Crippen molar-refractivity contribution in [2.75, 3.05) is 18.0 Å². The largest absolute Gasteiger partial charge is 0.371 e. The molecule has 1 N–H and O–H groups in total. The molecule has 1 heterocycles. The summed E-state index contributed by atoms with van der Waals surface area (Å²) in [6, 6.07) is 15.8. The summed E-state index contributed by atoms with van der Waals surface area (Å²) in [5.74, 6) is 0. The molecule has 5 nitrogen and oxygen atoms in total. The lowest BCUT2D eigenvalue weighted by Gasteiger charge is -2.35. The molecule has 0 bridgehead atoms. The second-order valence-electron chi connectivity index (χ2n) is 7.98. The number of nitrogens with zero attached hydrogens (tertiary/aromatic N) is 3. The van der Waals surface area contributed by atoms with Crippen LogP contribution in [-0.2, 0) is 6.54 Å². The first-order valence-electron chi connectivity index (χ1n) is 10.3. The highest BCUT2D eigenvalue weighted by Gasteiger charge is 2.34. The van der Waals surface area contributed by atoms with Crippen LogP contribution in [0.5, 0.6) is 0 Å². The third-order valence-corrected chi connectivity index (χ3v) is 6.51. The van der Waals surface area contributed by atoms with Crippen LogP contribution in [0.2, 0.25) is 10.0 Å². The van der Waals surface area contributed by atoms with Crippen LogP contribution in [0.3, 0.4) is 0 Å². The molecule has 1 aliphatic carbocycles. The van der Waals surface area contributed by atoms with E-state index in [2.05, 4.69) is 16.3 Å². The van der Waals surface area contributed by atoms with Gasteiger partial charge in [0.15, 0.2) is 0 Å². The average Bonchev–Trinajstić information content (AvgIpc) is 3.60. The standard InChI is InChI=1S/C23H24Cl2N4O/c24-21-8-3-17(13-22(21)25)15-29(20-6-7-20)23(30)27-18-9-11-28(12-10-18)19-4-1-16(14-26)2-5-19/h1-5,8,13,18,20H,6-7,9-12,15H2,(H,27,30). The summed E-state index contributed by atoms with van der Waals surface area (Å²) in [6.07, 6.45) is 3.89. The summed E-state index contributed by atoms with van der Waals surface area (Å²) in [7, 11) is 0. The summed E-state index contributed by atoms with van der Waals surface area (Å²) >= 11 is 12.1. The quantitative estimate of drug-likeness (QED) is 0.691. The maximum Gasteiger partial charge on any atom is 0.318 e. The van der Waals surface area contributed by atoms with E-state index < -0.39 is 0 Å². The number of amides is 2. The van der Waals surface area contributed by atoms with Crippen molar-refractivity contribution in [3.05, 3.63) is 63.6 Å². The van der Waals surface area contributed by atoms with Crippen LogP contribution < -0.4 is 10.2 Å². The molecule has 0 radical (unpaired) electrons. The summed E-state index contributed by atoms with van der Waals surface area (Å²) in [6.45, 7) is 2.30. The predicted octanol–water partition coefficient (Wildman–Crippen LogP) is 5.21. The number of carbonyl (C=O) groups excluding carboxylic acids is 1. The van der Waals surface area contributed by atoms with Gasteiger partial charge in [-0.05, 0) is 67.6 Å². The lowest BCUT2D eigenvalue weighted by Crippen LogP contribution is -2.49. The zero-order chi connectivity index (χ0) is 21.1. The fraction of sp³-hybridized carbons (Fsp3) is 0.391. The number of nitrogens with one attached hydrogen (secondary N) is 1. The van der Waals surface area contributed by atoms with E-state index in [1.165, 1.54) is 0 Å². The Morgan fingerprint density at radius 3 is 2.37 bits per heavy atom. The molecule has 4 rings (SSSR count). The van der Waals surface area contributed by atoms with Crippen LogP contribution in [0.25, 0.3) is 0 Å². The molecule has 1 saturated carbocycles. The molecule has 0 unspecified atom stereocenters. The van der Waals surface area contributed by atoms with Gasteiger partial charge >= 0.3 is 6.03 Å². The van der Waals surface area contributed by atoms with Crippen LogP contribution in [-0.4, -0.2) is 36.1 Å². The number of benzene rings is 2. The minimum absolute atomic E-state index is 0.000366. The summed E-state index contributed by atoms with van der Waals surface area (Å²) in [5, 5.41) is 13.2. The molecular weight excluding hydrogens is 419 g/mol. The van der Waals surface area contributed by atoms with Crippen LogP contribution >= 0.6 is 23.2 Å². The Kier molecular flexibility index (Phi) is 6.36. The molecule has 2 fully saturated rings. The number of hydrogen-bond donors (Lipinski definition) is 1. The van der Waals surface area contributed by atoms with Gasteiger partial charge in [-0.15, -0.1) is 0 Å². The van der Waals surface area contributed by atoms with Gasteiger partial charge in [0, 0.05) is 37.4 Å². The molecule has 0 spiro atoms. The third-order valence-electron chi connectivity index (χ3n) is 5.77. The Morgan fingerprint density at radius 2 is 1.77 bits per heavy atom. The Bertz CT molecular complexity index is 945. The zero-order valence-electron chi connectivity index (χ0n) is 16.7. The highest BCUT2D eigenvalue weighted by molar-refractivity contribution is 6.42. The minimum atomic E-state index is 0.000366. The average molecular weight is 443 g/mol. The van der Waals surface area contributed by atoms with Crippen LogP contribution in [0.4, 0.5) is 10.5 Å². The van der Waals surface area contributed by atoms with Gasteiger partial charge in [-0.2, -0.15) is 5.26 Å². The second-order valence-corrected chi connectivity index (χ2v) is 8.79. The molecular formula is C23H24Cl2N4O. The number of hydrogen-bond acceptors (Lipinski definition) is 3. The van der Waals surface area contributed by atoms with E-state index in [0.717, 1.165) is 50.0 Å². The van der Waals surface area contributed by atoms with E-state index in [-0.39, 0.29) is 12.1 Å². The van der Waals surface area contributed by atoms with Crippen molar-refractivity contribution in [3.63, 3.8) is 0 Å². The summed E-state index contributed by atoms with van der Waals surface area (Å²) < 4.78 is 0. The molecule has 1 saturated heterocycles. The first kappa shape index (κ1) is 20.8. The maximum absolute atomic E-state index is 13.0.